The van der Waals surface area contributed by atoms with Crippen LogP contribution in [0.25, 0.3) is 21.9 Å². The zero-order valence-corrected chi connectivity index (χ0v) is 19.2. The van der Waals surface area contributed by atoms with Gasteiger partial charge in [0, 0.05) is 24.0 Å². The molecular weight excluding hydrogens is 452 g/mol. The van der Waals surface area contributed by atoms with Gasteiger partial charge in [0.1, 0.15) is 23.3 Å². The molecule has 0 radical (unpaired) electrons. The minimum absolute atomic E-state index is 0.347. The highest BCUT2D eigenvalue weighted by molar-refractivity contribution is 6.36. The Bertz CT molecular complexity index is 1480. The molecule has 0 aliphatic rings. The van der Waals surface area contributed by atoms with Gasteiger partial charge in [0.2, 0.25) is 0 Å². The number of imidazole rings is 1. The van der Waals surface area contributed by atoms with E-state index in [1.54, 1.807) is 19.5 Å². The highest BCUT2D eigenvalue weighted by atomic mass is 35.5. The van der Waals surface area contributed by atoms with Crippen molar-refractivity contribution >= 4 is 45.6 Å². The van der Waals surface area contributed by atoms with Gasteiger partial charge in [0.05, 0.1) is 25.0 Å². The van der Waals surface area contributed by atoms with E-state index in [4.69, 9.17) is 16.3 Å². The predicted octanol–water partition coefficient (Wildman–Crippen LogP) is 4.55. The highest BCUT2D eigenvalue weighted by Gasteiger charge is 2.12. The van der Waals surface area contributed by atoms with Gasteiger partial charge in [-0.15, -0.1) is 0 Å². The van der Waals surface area contributed by atoms with Crippen molar-refractivity contribution in [2.24, 2.45) is 0 Å². The second-order valence-electron chi connectivity index (χ2n) is 7.75. The molecule has 0 atom stereocenters. The maximum atomic E-state index is 11.6. The third kappa shape index (κ3) is 4.27. The van der Waals surface area contributed by atoms with Crippen molar-refractivity contribution in [3.63, 3.8) is 0 Å². The van der Waals surface area contributed by atoms with Gasteiger partial charge in [0.15, 0.2) is 17.8 Å². The normalized spacial score (nSPS) is 11.1. The van der Waals surface area contributed by atoms with Gasteiger partial charge < -0.3 is 14.6 Å². The SMILES string of the molecule is COc1ccc(Cn2cnc3c(NCCc4cc5cccc(Cl)c5c(C=O)n4)ncnc32)cc1. The molecular formula is C25H21ClN6O2. The van der Waals surface area contributed by atoms with Gasteiger partial charge in [-0.1, -0.05) is 35.9 Å². The number of aldehydes is 1. The summed E-state index contributed by atoms with van der Waals surface area (Å²) in [5, 5.41) is 5.41. The lowest BCUT2D eigenvalue weighted by Gasteiger charge is -2.09. The third-order valence-corrected chi connectivity index (χ3v) is 5.90. The number of halogens is 1. The average Bonchev–Trinajstić information content (AvgIpc) is 3.27. The molecule has 3 aromatic heterocycles. The molecule has 0 aliphatic carbocycles. The van der Waals surface area contributed by atoms with Gasteiger partial charge in [-0.05, 0) is 35.2 Å². The van der Waals surface area contributed by atoms with Crippen LogP contribution >= 0.6 is 11.6 Å². The molecule has 0 bridgehead atoms. The first-order chi connectivity index (χ1) is 16.7. The Balaban J connectivity index is 1.32. The van der Waals surface area contributed by atoms with Crippen molar-refractivity contribution in [2.75, 3.05) is 19.0 Å². The van der Waals surface area contributed by atoms with Gasteiger partial charge in [-0.25, -0.2) is 19.9 Å². The number of aromatic nitrogens is 5. The number of methoxy groups -OCH3 is 1. The molecule has 170 valence electrons. The summed E-state index contributed by atoms with van der Waals surface area (Å²) >= 11 is 6.26. The van der Waals surface area contributed by atoms with E-state index in [2.05, 4.69) is 25.3 Å². The first kappa shape index (κ1) is 21.8. The number of benzene rings is 2. The lowest BCUT2D eigenvalue weighted by Crippen LogP contribution is -2.09. The number of ether oxygens (including phenoxy) is 1. The summed E-state index contributed by atoms with van der Waals surface area (Å²) in [6.07, 6.45) is 4.63. The molecule has 0 fully saturated rings. The minimum atomic E-state index is 0.347. The summed E-state index contributed by atoms with van der Waals surface area (Å²) < 4.78 is 7.20. The molecule has 0 amide bonds. The van der Waals surface area contributed by atoms with Crippen LogP contribution in [0.5, 0.6) is 5.75 Å². The van der Waals surface area contributed by atoms with Crippen LogP contribution in [-0.4, -0.2) is 44.4 Å². The van der Waals surface area contributed by atoms with Gasteiger partial charge in [0.25, 0.3) is 0 Å². The molecule has 0 aliphatic heterocycles. The lowest BCUT2D eigenvalue weighted by atomic mass is 10.1. The Morgan fingerprint density at radius 2 is 1.97 bits per heavy atom. The quantitative estimate of drug-likeness (QED) is 0.331. The van der Waals surface area contributed by atoms with Crippen molar-refractivity contribution in [1.82, 2.24) is 24.5 Å². The molecule has 9 heteroatoms. The summed E-state index contributed by atoms with van der Waals surface area (Å²) in [4.78, 5) is 29.4. The zero-order valence-electron chi connectivity index (χ0n) is 18.4. The Morgan fingerprint density at radius 3 is 2.76 bits per heavy atom. The predicted molar refractivity (Wildman–Crippen MR) is 132 cm³/mol. The molecule has 8 nitrogen and oxygen atoms in total. The van der Waals surface area contributed by atoms with Gasteiger partial charge >= 0.3 is 0 Å². The molecule has 5 aromatic rings. The Labute approximate surface area is 200 Å². The molecule has 0 saturated carbocycles. The molecule has 5 rings (SSSR count). The van der Waals surface area contributed by atoms with E-state index in [1.807, 2.05) is 47.0 Å². The van der Waals surface area contributed by atoms with Crippen molar-refractivity contribution in [2.45, 2.75) is 13.0 Å². The lowest BCUT2D eigenvalue weighted by molar-refractivity contribution is 0.112. The van der Waals surface area contributed by atoms with E-state index in [0.29, 0.717) is 46.9 Å². The topological polar surface area (TPSA) is 94.8 Å². The molecule has 2 aromatic carbocycles. The van der Waals surface area contributed by atoms with Crippen LogP contribution in [0.1, 0.15) is 21.7 Å². The van der Waals surface area contributed by atoms with E-state index in [1.165, 1.54) is 6.33 Å². The second-order valence-corrected chi connectivity index (χ2v) is 8.15. The summed E-state index contributed by atoms with van der Waals surface area (Å²) in [5.74, 6) is 1.47. The van der Waals surface area contributed by atoms with Crippen LogP contribution in [0.15, 0.2) is 61.2 Å². The Hall–Kier alpha value is -4.04. The maximum Gasteiger partial charge on any atom is 0.169 e. The number of carbonyl (C=O) groups excluding carboxylic acids is 1. The number of nitrogens with zero attached hydrogens (tertiary/aromatic N) is 5. The van der Waals surface area contributed by atoms with Gasteiger partial charge in [-0.3, -0.25) is 4.79 Å². The Morgan fingerprint density at radius 1 is 1.12 bits per heavy atom. The van der Waals surface area contributed by atoms with Crippen LogP contribution < -0.4 is 10.1 Å². The monoisotopic (exact) mass is 472 g/mol. The first-order valence-electron chi connectivity index (χ1n) is 10.7. The third-order valence-electron chi connectivity index (χ3n) is 5.59. The van der Waals surface area contributed by atoms with Crippen LogP contribution in [0.4, 0.5) is 5.82 Å². The number of carbonyl (C=O) groups is 1. The maximum absolute atomic E-state index is 11.6. The fourth-order valence-electron chi connectivity index (χ4n) is 3.93. The summed E-state index contributed by atoms with van der Waals surface area (Å²) in [6, 6.07) is 15.4. The van der Waals surface area contributed by atoms with Crippen molar-refractivity contribution in [3.05, 3.63) is 83.2 Å². The summed E-state index contributed by atoms with van der Waals surface area (Å²) in [5.41, 5.74) is 3.69. The number of hydrogen-bond donors (Lipinski definition) is 1. The zero-order chi connectivity index (χ0) is 23.5. The number of hydrogen-bond acceptors (Lipinski definition) is 7. The molecule has 0 unspecified atom stereocenters. The van der Waals surface area contributed by atoms with Crippen LogP contribution in [-0.2, 0) is 13.0 Å². The average molecular weight is 473 g/mol. The second kappa shape index (κ2) is 9.44. The number of anilines is 1. The van der Waals surface area contributed by atoms with E-state index < -0.39 is 0 Å². The van der Waals surface area contributed by atoms with E-state index >= 15 is 0 Å². The van der Waals surface area contributed by atoms with Crippen molar-refractivity contribution in [1.29, 1.82) is 0 Å². The summed E-state index contributed by atoms with van der Waals surface area (Å²) in [7, 11) is 1.65. The highest BCUT2D eigenvalue weighted by Crippen LogP contribution is 2.26. The van der Waals surface area contributed by atoms with E-state index in [0.717, 1.165) is 34.3 Å². The molecule has 3 heterocycles. The first-order valence-corrected chi connectivity index (χ1v) is 11.1. The number of pyridine rings is 1. The van der Waals surface area contributed by atoms with Crippen LogP contribution in [0, 0.1) is 0 Å². The van der Waals surface area contributed by atoms with Crippen LogP contribution in [0.2, 0.25) is 5.02 Å². The van der Waals surface area contributed by atoms with Gasteiger partial charge in [-0.2, -0.15) is 0 Å². The van der Waals surface area contributed by atoms with Crippen molar-refractivity contribution in [3.8, 4) is 5.75 Å². The smallest absolute Gasteiger partial charge is 0.169 e. The number of nitrogens with one attached hydrogen (secondary N) is 1. The fourth-order valence-corrected chi connectivity index (χ4v) is 4.21. The standard InChI is InChI=1S/C25H21ClN6O2/c1-34-19-7-5-16(6-8-19)12-32-15-30-23-24(28-14-29-25(23)32)27-10-9-18-11-17-3-2-4-20(26)22(17)21(13-33)31-18/h2-8,11,13-15H,9-10,12H2,1H3,(H,27,28,29). The summed E-state index contributed by atoms with van der Waals surface area (Å²) in [6.45, 7) is 1.20. The fraction of sp³-hybridized carbons (Fsp3) is 0.160. The largest absolute Gasteiger partial charge is 0.497 e. The Kier molecular flexibility index (Phi) is 6.05. The van der Waals surface area contributed by atoms with E-state index in [-0.39, 0.29) is 0 Å². The molecule has 0 saturated heterocycles. The van der Waals surface area contributed by atoms with Crippen LogP contribution in [0.3, 0.4) is 0 Å². The number of fused-ring (bicyclic) bond motifs is 2. The molecule has 1 N–H and O–H groups in total. The number of rotatable bonds is 8. The van der Waals surface area contributed by atoms with E-state index in [9.17, 15) is 4.79 Å². The molecule has 0 spiro atoms. The molecule has 34 heavy (non-hydrogen) atoms. The minimum Gasteiger partial charge on any atom is -0.497 e. The van der Waals surface area contributed by atoms with Crippen molar-refractivity contribution < 1.29 is 9.53 Å².